The SMILES string of the molecule is CCC1(O)COC(C)(C)O1. The molecule has 10 heavy (non-hydrogen) atoms. The van der Waals surface area contributed by atoms with Crippen molar-refractivity contribution in [2.45, 2.75) is 38.8 Å². The van der Waals surface area contributed by atoms with Gasteiger partial charge >= 0.3 is 0 Å². The standard InChI is InChI=1S/C7H14O3/c1-4-7(8)5-9-6(2,3)10-7/h8H,4-5H2,1-3H3. The van der Waals surface area contributed by atoms with Crippen LogP contribution in [0.1, 0.15) is 27.2 Å². The molecule has 1 unspecified atom stereocenters. The lowest BCUT2D eigenvalue weighted by Crippen LogP contribution is -2.32. The molecule has 0 bridgehead atoms. The van der Waals surface area contributed by atoms with Gasteiger partial charge in [0.15, 0.2) is 11.6 Å². The third-order valence-corrected chi connectivity index (χ3v) is 1.63. The van der Waals surface area contributed by atoms with Crippen LogP contribution in [-0.2, 0) is 9.47 Å². The van der Waals surface area contributed by atoms with Crippen LogP contribution in [-0.4, -0.2) is 23.3 Å². The van der Waals surface area contributed by atoms with Crippen molar-refractivity contribution in [2.24, 2.45) is 0 Å². The van der Waals surface area contributed by atoms with Gasteiger partial charge in [-0.2, -0.15) is 0 Å². The Morgan fingerprint density at radius 3 is 2.30 bits per heavy atom. The first-order chi connectivity index (χ1) is 4.47. The zero-order chi connectivity index (χ0) is 7.83. The predicted octanol–water partition coefficient (Wildman–Crippen LogP) is 0.868. The van der Waals surface area contributed by atoms with Crippen LogP contribution in [0.25, 0.3) is 0 Å². The summed E-state index contributed by atoms with van der Waals surface area (Å²) < 4.78 is 10.4. The summed E-state index contributed by atoms with van der Waals surface area (Å²) in [5, 5.41) is 9.49. The smallest absolute Gasteiger partial charge is 0.192 e. The predicted molar refractivity (Wildman–Crippen MR) is 36.4 cm³/mol. The number of rotatable bonds is 1. The molecule has 0 aromatic heterocycles. The third kappa shape index (κ3) is 1.48. The van der Waals surface area contributed by atoms with E-state index >= 15 is 0 Å². The van der Waals surface area contributed by atoms with Crippen LogP contribution in [0, 0.1) is 0 Å². The van der Waals surface area contributed by atoms with Gasteiger partial charge in [0.05, 0.1) is 0 Å². The fourth-order valence-corrected chi connectivity index (χ4v) is 0.977. The summed E-state index contributed by atoms with van der Waals surface area (Å²) in [5.41, 5.74) is 0. The Morgan fingerprint density at radius 2 is 2.10 bits per heavy atom. The van der Waals surface area contributed by atoms with E-state index in [-0.39, 0.29) is 6.61 Å². The summed E-state index contributed by atoms with van der Waals surface area (Å²) in [6.07, 6.45) is 0.566. The fourth-order valence-electron chi connectivity index (χ4n) is 0.977. The second-order valence-electron chi connectivity index (χ2n) is 3.09. The molecule has 1 atom stereocenters. The Labute approximate surface area is 60.9 Å². The van der Waals surface area contributed by atoms with Gasteiger partial charge in [0, 0.05) is 6.42 Å². The normalized spacial score (nSPS) is 38.4. The molecule has 1 rings (SSSR count). The van der Waals surface area contributed by atoms with Crippen molar-refractivity contribution >= 4 is 0 Å². The van der Waals surface area contributed by atoms with E-state index in [0.717, 1.165) is 0 Å². The molecule has 1 aliphatic heterocycles. The molecule has 0 aliphatic carbocycles. The highest BCUT2D eigenvalue weighted by Gasteiger charge is 2.42. The van der Waals surface area contributed by atoms with E-state index in [1.54, 1.807) is 13.8 Å². The highest BCUT2D eigenvalue weighted by molar-refractivity contribution is 4.75. The number of ether oxygens (including phenoxy) is 2. The van der Waals surface area contributed by atoms with Crippen LogP contribution in [0.4, 0.5) is 0 Å². The summed E-state index contributed by atoms with van der Waals surface area (Å²) in [4.78, 5) is 0. The van der Waals surface area contributed by atoms with Crippen LogP contribution < -0.4 is 0 Å². The Hall–Kier alpha value is -0.120. The van der Waals surface area contributed by atoms with Gasteiger partial charge in [-0.1, -0.05) is 6.92 Å². The Balaban J connectivity index is 2.57. The van der Waals surface area contributed by atoms with Crippen LogP contribution in [0.3, 0.4) is 0 Å². The summed E-state index contributed by atoms with van der Waals surface area (Å²) >= 11 is 0. The molecule has 0 aromatic carbocycles. The highest BCUT2D eigenvalue weighted by atomic mass is 16.8. The monoisotopic (exact) mass is 146 g/mol. The summed E-state index contributed by atoms with van der Waals surface area (Å²) in [7, 11) is 0. The minimum atomic E-state index is -1.05. The second-order valence-corrected chi connectivity index (χ2v) is 3.09. The molecule has 0 amide bonds. The molecule has 1 heterocycles. The average molecular weight is 146 g/mol. The lowest BCUT2D eigenvalue weighted by atomic mass is 10.2. The quantitative estimate of drug-likeness (QED) is 0.596. The molecule has 1 aliphatic rings. The number of hydrogen-bond donors (Lipinski definition) is 1. The van der Waals surface area contributed by atoms with Crippen LogP contribution in [0.5, 0.6) is 0 Å². The maximum absolute atomic E-state index is 9.49. The Morgan fingerprint density at radius 1 is 1.50 bits per heavy atom. The topological polar surface area (TPSA) is 38.7 Å². The minimum Gasteiger partial charge on any atom is -0.364 e. The van der Waals surface area contributed by atoms with Crippen molar-refractivity contribution in [3.8, 4) is 0 Å². The van der Waals surface area contributed by atoms with Gasteiger partial charge in [-0.05, 0) is 13.8 Å². The molecule has 3 heteroatoms. The first kappa shape index (κ1) is 7.98. The average Bonchev–Trinajstić information content (AvgIpc) is 2.08. The fraction of sp³-hybridized carbons (Fsp3) is 1.00. The van der Waals surface area contributed by atoms with Gasteiger partial charge in [-0.15, -0.1) is 0 Å². The van der Waals surface area contributed by atoms with Crippen molar-refractivity contribution in [1.29, 1.82) is 0 Å². The van der Waals surface area contributed by atoms with Gasteiger partial charge in [-0.3, -0.25) is 0 Å². The molecule has 1 fully saturated rings. The van der Waals surface area contributed by atoms with Crippen molar-refractivity contribution < 1.29 is 14.6 Å². The molecule has 0 radical (unpaired) electrons. The van der Waals surface area contributed by atoms with E-state index in [4.69, 9.17) is 9.47 Å². The van der Waals surface area contributed by atoms with E-state index < -0.39 is 11.6 Å². The van der Waals surface area contributed by atoms with E-state index in [0.29, 0.717) is 6.42 Å². The first-order valence-corrected chi connectivity index (χ1v) is 3.54. The third-order valence-electron chi connectivity index (χ3n) is 1.63. The largest absolute Gasteiger partial charge is 0.364 e. The van der Waals surface area contributed by atoms with Crippen molar-refractivity contribution in [3.05, 3.63) is 0 Å². The van der Waals surface area contributed by atoms with Crippen LogP contribution >= 0.6 is 0 Å². The number of aliphatic hydroxyl groups is 1. The van der Waals surface area contributed by atoms with E-state index in [1.165, 1.54) is 0 Å². The zero-order valence-electron chi connectivity index (χ0n) is 6.68. The van der Waals surface area contributed by atoms with E-state index in [1.807, 2.05) is 6.92 Å². The minimum absolute atomic E-state index is 0.274. The molecule has 0 aromatic rings. The number of hydrogen-bond acceptors (Lipinski definition) is 3. The summed E-state index contributed by atoms with van der Waals surface area (Å²) in [6.45, 7) is 5.72. The molecular formula is C7H14O3. The second kappa shape index (κ2) is 2.19. The van der Waals surface area contributed by atoms with Gasteiger partial charge in [0.2, 0.25) is 0 Å². The lowest BCUT2D eigenvalue weighted by Gasteiger charge is -2.21. The first-order valence-electron chi connectivity index (χ1n) is 3.54. The van der Waals surface area contributed by atoms with Gasteiger partial charge < -0.3 is 14.6 Å². The molecular weight excluding hydrogens is 132 g/mol. The van der Waals surface area contributed by atoms with E-state index in [2.05, 4.69) is 0 Å². The molecule has 1 N–H and O–H groups in total. The molecule has 60 valence electrons. The molecule has 1 saturated heterocycles. The Kier molecular flexibility index (Phi) is 1.75. The molecule has 3 nitrogen and oxygen atoms in total. The van der Waals surface area contributed by atoms with E-state index in [9.17, 15) is 5.11 Å². The molecule has 0 saturated carbocycles. The lowest BCUT2D eigenvalue weighted by molar-refractivity contribution is -0.230. The zero-order valence-corrected chi connectivity index (χ0v) is 6.68. The van der Waals surface area contributed by atoms with Crippen LogP contribution in [0.15, 0.2) is 0 Å². The molecule has 0 spiro atoms. The maximum Gasteiger partial charge on any atom is 0.192 e. The van der Waals surface area contributed by atoms with Crippen molar-refractivity contribution in [2.75, 3.05) is 6.61 Å². The summed E-state index contributed by atoms with van der Waals surface area (Å²) in [5.74, 6) is -1.67. The maximum atomic E-state index is 9.49. The van der Waals surface area contributed by atoms with Gasteiger partial charge in [0.25, 0.3) is 0 Å². The van der Waals surface area contributed by atoms with Crippen molar-refractivity contribution in [3.63, 3.8) is 0 Å². The van der Waals surface area contributed by atoms with Gasteiger partial charge in [-0.25, -0.2) is 0 Å². The van der Waals surface area contributed by atoms with Gasteiger partial charge in [0.1, 0.15) is 6.61 Å². The van der Waals surface area contributed by atoms with Crippen molar-refractivity contribution in [1.82, 2.24) is 0 Å². The highest BCUT2D eigenvalue weighted by Crippen LogP contribution is 2.30. The van der Waals surface area contributed by atoms with Crippen LogP contribution in [0.2, 0.25) is 0 Å². The Bertz CT molecular complexity index is 133. The summed E-state index contributed by atoms with van der Waals surface area (Å²) in [6, 6.07) is 0.